The minimum atomic E-state index is 0.218. The van der Waals surface area contributed by atoms with E-state index in [0.717, 1.165) is 38.0 Å². The normalized spacial score (nSPS) is 17.0. The van der Waals surface area contributed by atoms with Crippen LogP contribution in [0, 0.1) is 6.92 Å². The molecule has 1 aliphatic rings. The molecular formula is C15H21N5O. The van der Waals surface area contributed by atoms with Crippen LogP contribution in [0.3, 0.4) is 0 Å². The highest BCUT2D eigenvalue weighted by molar-refractivity contribution is 5.05. The molecule has 0 bridgehead atoms. The van der Waals surface area contributed by atoms with Crippen LogP contribution in [0.15, 0.2) is 24.9 Å². The van der Waals surface area contributed by atoms with Crippen LogP contribution in [0.1, 0.15) is 24.1 Å². The lowest BCUT2D eigenvalue weighted by molar-refractivity contribution is 0.0882. The number of hydrogen-bond donors (Lipinski definition) is 0. The van der Waals surface area contributed by atoms with E-state index in [-0.39, 0.29) is 6.10 Å². The zero-order valence-electron chi connectivity index (χ0n) is 12.6. The van der Waals surface area contributed by atoms with Crippen LogP contribution in [0.5, 0.6) is 6.01 Å². The van der Waals surface area contributed by atoms with Gasteiger partial charge < -0.3 is 9.30 Å². The zero-order chi connectivity index (χ0) is 14.7. The molecule has 6 heteroatoms. The van der Waals surface area contributed by atoms with Crippen molar-refractivity contribution in [1.82, 2.24) is 24.4 Å². The van der Waals surface area contributed by atoms with Crippen LogP contribution in [-0.2, 0) is 13.6 Å². The van der Waals surface area contributed by atoms with Gasteiger partial charge in [-0.2, -0.15) is 0 Å². The fourth-order valence-corrected chi connectivity index (χ4v) is 2.54. The Morgan fingerprint density at radius 3 is 2.52 bits per heavy atom. The Balaban J connectivity index is 1.49. The van der Waals surface area contributed by atoms with E-state index >= 15 is 0 Å². The monoisotopic (exact) mass is 287 g/mol. The van der Waals surface area contributed by atoms with E-state index in [0.29, 0.717) is 6.01 Å². The Morgan fingerprint density at radius 1 is 1.19 bits per heavy atom. The Hall–Kier alpha value is -1.95. The molecule has 3 rings (SSSR count). The van der Waals surface area contributed by atoms with Gasteiger partial charge in [0.25, 0.3) is 0 Å². The number of rotatable bonds is 4. The molecule has 0 aromatic carbocycles. The third-order valence-corrected chi connectivity index (χ3v) is 3.87. The summed E-state index contributed by atoms with van der Waals surface area (Å²) >= 11 is 0. The summed E-state index contributed by atoms with van der Waals surface area (Å²) in [5, 5.41) is 0. The number of imidazole rings is 1. The summed E-state index contributed by atoms with van der Waals surface area (Å²) in [6, 6.07) is 0.491. The van der Waals surface area contributed by atoms with Crippen molar-refractivity contribution < 1.29 is 4.74 Å². The van der Waals surface area contributed by atoms with Gasteiger partial charge in [-0.25, -0.2) is 15.0 Å². The second-order valence-corrected chi connectivity index (χ2v) is 5.63. The molecule has 0 aliphatic carbocycles. The van der Waals surface area contributed by atoms with Crippen molar-refractivity contribution in [2.24, 2.45) is 7.05 Å². The molecule has 6 nitrogen and oxygen atoms in total. The summed E-state index contributed by atoms with van der Waals surface area (Å²) in [4.78, 5) is 15.0. The highest BCUT2D eigenvalue weighted by Crippen LogP contribution is 2.17. The van der Waals surface area contributed by atoms with Crippen LogP contribution >= 0.6 is 0 Å². The summed E-state index contributed by atoms with van der Waals surface area (Å²) in [6.07, 6.45) is 9.60. The highest BCUT2D eigenvalue weighted by atomic mass is 16.5. The first kappa shape index (κ1) is 14.0. The van der Waals surface area contributed by atoms with Crippen LogP contribution in [0.4, 0.5) is 0 Å². The molecule has 0 atom stereocenters. The van der Waals surface area contributed by atoms with Gasteiger partial charge in [0.2, 0.25) is 0 Å². The number of likely N-dealkylation sites (tertiary alicyclic amines) is 1. The molecule has 1 fully saturated rings. The molecule has 0 radical (unpaired) electrons. The molecule has 21 heavy (non-hydrogen) atoms. The minimum absolute atomic E-state index is 0.218. The van der Waals surface area contributed by atoms with Gasteiger partial charge in [0.15, 0.2) is 0 Å². The van der Waals surface area contributed by atoms with E-state index in [1.807, 2.05) is 26.5 Å². The molecule has 2 aromatic heterocycles. The number of nitrogens with zero attached hydrogens (tertiary/aromatic N) is 5. The van der Waals surface area contributed by atoms with Gasteiger partial charge >= 0.3 is 6.01 Å². The Morgan fingerprint density at radius 2 is 1.90 bits per heavy atom. The summed E-state index contributed by atoms with van der Waals surface area (Å²) in [5.74, 6) is 0. The predicted molar refractivity (Wildman–Crippen MR) is 78.9 cm³/mol. The lowest BCUT2D eigenvalue weighted by atomic mass is 10.1. The highest BCUT2D eigenvalue weighted by Gasteiger charge is 2.21. The average Bonchev–Trinajstić information content (AvgIpc) is 2.89. The molecule has 2 aromatic rings. The first-order chi connectivity index (χ1) is 10.2. The maximum Gasteiger partial charge on any atom is 0.316 e. The molecule has 3 heterocycles. The van der Waals surface area contributed by atoms with Crippen LogP contribution in [0.2, 0.25) is 0 Å². The second kappa shape index (κ2) is 6.22. The summed E-state index contributed by atoms with van der Waals surface area (Å²) in [5.41, 5.74) is 2.30. The first-order valence-electron chi connectivity index (χ1n) is 7.33. The Kier molecular flexibility index (Phi) is 4.15. The molecule has 0 saturated carbocycles. The van der Waals surface area contributed by atoms with Crippen LogP contribution in [-0.4, -0.2) is 43.6 Å². The molecular weight excluding hydrogens is 266 g/mol. The number of aryl methyl sites for hydroxylation is 2. The molecule has 0 amide bonds. The van der Waals surface area contributed by atoms with Gasteiger partial charge in [-0.05, 0) is 25.3 Å². The summed E-state index contributed by atoms with van der Waals surface area (Å²) in [7, 11) is 2.03. The molecule has 0 spiro atoms. The topological polar surface area (TPSA) is 56.1 Å². The summed E-state index contributed by atoms with van der Waals surface area (Å²) < 4.78 is 7.92. The fourth-order valence-electron chi connectivity index (χ4n) is 2.54. The van der Waals surface area contributed by atoms with Crippen LogP contribution < -0.4 is 4.74 Å². The molecule has 1 saturated heterocycles. The van der Waals surface area contributed by atoms with Crippen LogP contribution in [0.25, 0.3) is 0 Å². The van der Waals surface area contributed by atoms with Crippen molar-refractivity contribution >= 4 is 0 Å². The quantitative estimate of drug-likeness (QED) is 0.854. The number of piperidine rings is 1. The van der Waals surface area contributed by atoms with Gasteiger partial charge in [-0.15, -0.1) is 0 Å². The first-order valence-corrected chi connectivity index (χ1v) is 7.33. The van der Waals surface area contributed by atoms with E-state index in [4.69, 9.17) is 4.74 Å². The Bertz CT molecular complexity index is 572. The number of aromatic nitrogens is 4. The van der Waals surface area contributed by atoms with Crippen molar-refractivity contribution in [2.75, 3.05) is 13.1 Å². The second-order valence-electron chi connectivity index (χ2n) is 5.63. The van der Waals surface area contributed by atoms with Gasteiger partial charge in [0.05, 0.1) is 12.0 Å². The average molecular weight is 287 g/mol. The van der Waals surface area contributed by atoms with Gasteiger partial charge in [-0.1, -0.05) is 0 Å². The summed E-state index contributed by atoms with van der Waals surface area (Å²) in [6.45, 7) is 4.98. The third-order valence-electron chi connectivity index (χ3n) is 3.87. The number of ether oxygens (including phenoxy) is 1. The molecule has 0 N–H and O–H groups in total. The lowest BCUT2D eigenvalue weighted by Crippen LogP contribution is -2.38. The van der Waals surface area contributed by atoms with E-state index in [9.17, 15) is 0 Å². The maximum absolute atomic E-state index is 5.85. The van der Waals surface area contributed by atoms with Gasteiger partial charge in [0, 0.05) is 45.3 Å². The van der Waals surface area contributed by atoms with E-state index in [1.54, 1.807) is 12.4 Å². The van der Waals surface area contributed by atoms with E-state index in [1.165, 1.54) is 5.69 Å². The van der Waals surface area contributed by atoms with Gasteiger partial charge in [0.1, 0.15) is 6.10 Å². The fraction of sp³-hybridized carbons (Fsp3) is 0.533. The van der Waals surface area contributed by atoms with Gasteiger partial charge in [-0.3, -0.25) is 4.90 Å². The zero-order valence-corrected chi connectivity index (χ0v) is 12.6. The SMILES string of the molecule is Cc1cnc(OC2CCN(Cc3cncn3C)CC2)nc1. The third kappa shape index (κ3) is 3.58. The van der Waals surface area contributed by atoms with Crippen molar-refractivity contribution in [3.8, 4) is 6.01 Å². The van der Waals surface area contributed by atoms with Crippen molar-refractivity contribution in [3.05, 3.63) is 36.2 Å². The molecule has 0 unspecified atom stereocenters. The minimum Gasteiger partial charge on any atom is -0.460 e. The van der Waals surface area contributed by atoms with Crippen molar-refractivity contribution in [3.63, 3.8) is 0 Å². The molecule has 1 aliphatic heterocycles. The maximum atomic E-state index is 5.85. The largest absolute Gasteiger partial charge is 0.460 e. The standard InChI is InChI=1S/C15H21N5O/c1-12-7-17-15(18-8-12)21-14-3-5-20(6-4-14)10-13-9-16-11-19(13)2/h7-9,11,14H,3-6,10H2,1-2H3. The van der Waals surface area contributed by atoms with Crippen molar-refractivity contribution in [1.29, 1.82) is 0 Å². The Labute approximate surface area is 124 Å². The van der Waals surface area contributed by atoms with Crippen molar-refractivity contribution in [2.45, 2.75) is 32.4 Å². The lowest BCUT2D eigenvalue weighted by Gasteiger charge is -2.31. The predicted octanol–water partition coefficient (Wildman–Crippen LogP) is 1.56. The van der Waals surface area contributed by atoms with E-state index < -0.39 is 0 Å². The van der Waals surface area contributed by atoms with E-state index in [2.05, 4.69) is 24.4 Å². The molecule has 112 valence electrons. The number of hydrogen-bond acceptors (Lipinski definition) is 5. The smallest absolute Gasteiger partial charge is 0.316 e.